The van der Waals surface area contributed by atoms with Crippen LogP contribution in [0.1, 0.15) is 58.6 Å². The van der Waals surface area contributed by atoms with Crippen LogP contribution in [0, 0.1) is 5.92 Å². The first-order chi connectivity index (χ1) is 11.2. The van der Waals surface area contributed by atoms with E-state index in [1.54, 1.807) is 11.3 Å². The average molecular weight is 333 g/mol. The molecule has 3 aliphatic rings. The Kier molecular flexibility index (Phi) is 3.92. The van der Waals surface area contributed by atoms with Crippen molar-refractivity contribution in [2.24, 2.45) is 5.92 Å². The van der Waals surface area contributed by atoms with Crippen molar-refractivity contribution >= 4 is 23.2 Å². The third kappa shape index (κ3) is 2.49. The number of methoxy groups -OCH3 is 1. The normalized spacial score (nSPS) is 29.3. The summed E-state index contributed by atoms with van der Waals surface area (Å²) >= 11 is 1.63. The van der Waals surface area contributed by atoms with E-state index in [0.717, 1.165) is 43.4 Å². The van der Waals surface area contributed by atoms with Gasteiger partial charge in [0.15, 0.2) is 0 Å². The second-order valence-electron chi connectivity index (χ2n) is 7.01. The molecule has 1 aliphatic heterocycles. The number of carbonyl (C=O) groups excluding carboxylic acids is 2. The Morgan fingerprint density at radius 3 is 2.83 bits per heavy atom. The fourth-order valence-corrected chi connectivity index (χ4v) is 5.86. The summed E-state index contributed by atoms with van der Waals surface area (Å²) in [5.74, 6) is 0.259. The number of hydrogen-bond acceptors (Lipinski definition) is 4. The molecule has 1 aromatic rings. The molecule has 0 bridgehead atoms. The molecule has 5 heteroatoms. The van der Waals surface area contributed by atoms with E-state index < -0.39 is 6.04 Å². The number of amides is 1. The first-order valence-corrected chi connectivity index (χ1v) is 9.52. The average Bonchev–Trinajstić information content (AvgIpc) is 3.25. The molecular formula is C18H23NO3S. The maximum Gasteiger partial charge on any atom is 0.328 e. The van der Waals surface area contributed by atoms with Crippen LogP contribution in [0.2, 0.25) is 0 Å². The van der Waals surface area contributed by atoms with E-state index >= 15 is 0 Å². The maximum atomic E-state index is 13.2. The number of ether oxygens (including phenoxy) is 1. The second kappa shape index (κ2) is 5.93. The monoisotopic (exact) mass is 333 g/mol. The van der Waals surface area contributed by atoms with Gasteiger partial charge in [-0.25, -0.2) is 4.79 Å². The molecule has 4 rings (SSSR count). The molecule has 1 saturated heterocycles. The van der Waals surface area contributed by atoms with Gasteiger partial charge < -0.3 is 9.64 Å². The Morgan fingerprint density at radius 2 is 2.04 bits per heavy atom. The molecule has 0 radical (unpaired) electrons. The lowest BCUT2D eigenvalue weighted by Crippen LogP contribution is -2.46. The van der Waals surface area contributed by atoms with E-state index in [9.17, 15) is 9.59 Å². The van der Waals surface area contributed by atoms with Crippen molar-refractivity contribution in [2.45, 2.75) is 63.5 Å². The number of rotatable bonds is 2. The Hall–Kier alpha value is -1.36. The zero-order valence-electron chi connectivity index (χ0n) is 13.5. The van der Waals surface area contributed by atoms with Crippen molar-refractivity contribution in [3.05, 3.63) is 21.4 Å². The summed E-state index contributed by atoms with van der Waals surface area (Å²) in [4.78, 5) is 29.4. The summed E-state index contributed by atoms with van der Waals surface area (Å²) in [6.45, 7) is 0. The molecule has 1 aromatic heterocycles. The Balaban J connectivity index is 1.64. The molecule has 4 nitrogen and oxygen atoms in total. The van der Waals surface area contributed by atoms with Crippen LogP contribution < -0.4 is 0 Å². The third-order valence-corrected chi connectivity index (χ3v) is 6.98. The van der Waals surface area contributed by atoms with E-state index in [4.69, 9.17) is 4.74 Å². The lowest BCUT2D eigenvalue weighted by Gasteiger charge is -2.33. The minimum absolute atomic E-state index is 0.0502. The van der Waals surface area contributed by atoms with Crippen LogP contribution in [0.4, 0.5) is 0 Å². The molecule has 2 heterocycles. The second-order valence-corrected chi connectivity index (χ2v) is 8.15. The number of esters is 1. The zero-order chi connectivity index (χ0) is 16.0. The number of thiophene rings is 1. The molecule has 1 saturated carbocycles. The number of carbonyl (C=O) groups is 2. The van der Waals surface area contributed by atoms with Crippen molar-refractivity contribution in [1.29, 1.82) is 0 Å². The van der Waals surface area contributed by atoms with Crippen LogP contribution >= 0.6 is 11.3 Å². The summed E-state index contributed by atoms with van der Waals surface area (Å²) in [6.07, 6.45) is 8.68. The summed E-state index contributed by atoms with van der Waals surface area (Å²) in [6, 6.07) is 1.90. The van der Waals surface area contributed by atoms with Crippen molar-refractivity contribution in [2.75, 3.05) is 7.11 Å². The highest BCUT2D eigenvalue weighted by molar-refractivity contribution is 7.14. The molecule has 0 spiro atoms. The fraction of sp³-hybridized carbons (Fsp3) is 0.667. The molecule has 124 valence electrons. The van der Waals surface area contributed by atoms with Crippen molar-refractivity contribution in [3.8, 4) is 0 Å². The van der Waals surface area contributed by atoms with E-state index in [-0.39, 0.29) is 17.9 Å². The Labute approximate surface area is 140 Å². The van der Waals surface area contributed by atoms with Crippen LogP contribution in [0.5, 0.6) is 0 Å². The third-order valence-electron chi connectivity index (χ3n) is 5.75. The molecule has 3 atom stereocenters. The number of likely N-dealkylation sites (tertiary alicyclic amines) is 1. The van der Waals surface area contributed by atoms with Gasteiger partial charge in [-0.2, -0.15) is 0 Å². The van der Waals surface area contributed by atoms with Crippen LogP contribution in [0.3, 0.4) is 0 Å². The highest BCUT2D eigenvalue weighted by Crippen LogP contribution is 2.42. The van der Waals surface area contributed by atoms with Crippen molar-refractivity contribution < 1.29 is 14.3 Å². The molecular weight excluding hydrogens is 310 g/mol. The lowest BCUT2D eigenvalue weighted by atomic mass is 9.84. The van der Waals surface area contributed by atoms with Crippen LogP contribution in [-0.2, 0) is 22.4 Å². The highest BCUT2D eigenvalue weighted by atomic mass is 32.1. The van der Waals surface area contributed by atoms with Gasteiger partial charge in [0.25, 0.3) is 5.91 Å². The minimum Gasteiger partial charge on any atom is -0.467 e. The van der Waals surface area contributed by atoms with E-state index in [2.05, 4.69) is 6.07 Å². The van der Waals surface area contributed by atoms with Gasteiger partial charge in [-0.1, -0.05) is 12.8 Å². The van der Waals surface area contributed by atoms with Gasteiger partial charge in [0.2, 0.25) is 0 Å². The SMILES string of the molecule is COC(=O)[C@@H]1C[C@@H]2CCCC[C@H]2N1C(=O)c1cc2c(s1)CCC2. The molecule has 2 fully saturated rings. The van der Waals surface area contributed by atoms with Gasteiger partial charge in [-0.05, 0) is 56.1 Å². The Bertz CT molecular complexity index is 617. The summed E-state index contributed by atoms with van der Waals surface area (Å²) in [5.41, 5.74) is 1.34. The standard InChI is InChI=1S/C18H23NO3S/c1-22-18(21)14-9-11-5-2-3-7-13(11)19(14)17(20)16-10-12-6-4-8-15(12)23-16/h10-11,13-14H,2-9H2,1H3/t11-,13+,14-/m0/s1. The zero-order valence-corrected chi connectivity index (χ0v) is 14.4. The van der Waals surface area contributed by atoms with Crippen LogP contribution in [-0.4, -0.2) is 36.0 Å². The summed E-state index contributed by atoms with van der Waals surface area (Å²) in [7, 11) is 1.42. The topological polar surface area (TPSA) is 46.6 Å². The first-order valence-electron chi connectivity index (χ1n) is 8.71. The van der Waals surface area contributed by atoms with Crippen LogP contribution in [0.15, 0.2) is 6.07 Å². The van der Waals surface area contributed by atoms with Gasteiger partial charge in [0.05, 0.1) is 12.0 Å². The van der Waals surface area contributed by atoms with E-state index in [0.29, 0.717) is 5.92 Å². The first kappa shape index (κ1) is 15.2. The molecule has 1 amide bonds. The number of hydrogen-bond donors (Lipinski definition) is 0. The number of fused-ring (bicyclic) bond motifs is 2. The van der Waals surface area contributed by atoms with E-state index in [1.165, 1.54) is 30.4 Å². The highest BCUT2D eigenvalue weighted by Gasteiger charge is 2.48. The van der Waals surface area contributed by atoms with Crippen LogP contribution in [0.25, 0.3) is 0 Å². The van der Waals surface area contributed by atoms with Crippen molar-refractivity contribution in [3.63, 3.8) is 0 Å². The molecule has 0 aromatic carbocycles. The predicted octanol–water partition coefficient (Wildman–Crippen LogP) is 3.18. The quantitative estimate of drug-likeness (QED) is 0.781. The van der Waals surface area contributed by atoms with E-state index in [1.807, 2.05) is 4.90 Å². The number of nitrogens with zero attached hydrogens (tertiary/aromatic N) is 1. The van der Waals surface area contributed by atoms with Gasteiger partial charge >= 0.3 is 5.97 Å². The smallest absolute Gasteiger partial charge is 0.328 e. The predicted molar refractivity (Wildman–Crippen MR) is 88.7 cm³/mol. The Morgan fingerprint density at radius 1 is 1.22 bits per heavy atom. The van der Waals surface area contributed by atoms with Gasteiger partial charge in [-0.3, -0.25) is 4.79 Å². The lowest BCUT2D eigenvalue weighted by molar-refractivity contribution is -0.145. The molecule has 23 heavy (non-hydrogen) atoms. The molecule has 0 N–H and O–H groups in total. The van der Waals surface area contributed by atoms with Gasteiger partial charge in [0, 0.05) is 10.9 Å². The molecule has 2 aliphatic carbocycles. The largest absolute Gasteiger partial charge is 0.467 e. The van der Waals surface area contributed by atoms with Gasteiger partial charge in [-0.15, -0.1) is 11.3 Å². The fourth-order valence-electron chi connectivity index (χ4n) is 4.66. The summed E-state index contributed by atoms with van der Waals surface area (Å²) in [5, 5.41) is 0. The minimum atomic E-state index is -0.391. The van der Waals surface area contributed by atoms with Gasteiger partial charge in [0.1, 0.15) is 6.04 Å². The summed E-state index contributed by atoms with van der Waals surface area (Å²) < 4.78 is 4.99. The van der Waals surface area contributed by atoms with Crippen molar-refractivity contribution in [1.82, 2.24) is 4.90 Å². The maximum absolute atomic E-state index is 13.2. The number of aryl methyl sites for hydroxylation is 2. The molecule has 0 unspecified atom stereocenters.